The maximum absolute atomic E-state index is 13.0. The minimum Gasteiger partial charge on any atom is -0.321 e. The summed E-state index contributed by atoms with van der Waals surface area (Å²) < 4.78 is 0.848. The zero-order chi connectivity index (χ0) is 18.1. The van der Waals surface area contributed by atoms with Crippen LogP contribution in [0.25, 0.3) is 21.5 Å². The third-order valence-corrected chi connectivity index (χ3v) is 5.79. The average molecular weight is 423 g/mol. The Labute approximate surface area is 163 Å². The van der Waals surface area contributed by atoms with E-state index in [4.69, 9.17) is 4.98 Å². The molecule has 0 saturated heterocycles. The monoisotopic (exact) mass is 422 g/mol. The Hall–Kier alpha value is -2.50. The van der Waals surface area contributed by atoms with Crippen LogP contribution in [0.15, 0.2) is 71.2 Å². The molecule has 0 aliphatic heterocycles. The standard InChI is InChI=1S/C21H15BrN2OS/c1-13-10-11-20(26-13)19-12-15(14-6-2-4-8-17(14)23-19)21(25)24-18-9-5-3-7-16(18)22/h2-12H,1H3,(H,24,25). The van der Waals surface area contributed by atoms with Crippen molar-refractivity contribution < 1.29 is 4.79 Å². The largest absolute Gasteiger partial charge is 0.321 e. The zero-order valence-corrected chi connectivity index (χ0v) is 16.4. The predicted octanol–water partition coefficient (Wildman–Crippen LogP) is 6.29. The number of anilines is 1. The highest BCUT2D eigenvalue weighted by molar-refractivity contribution is 9.10. The summed E-state index contributed by atoms with van der Waals surface area (Å²) in [6.45, 7) is 2.07. The van der Waals surface area contributed by atoms with Crippen LogP contribution in [0.4, 0.5) is 5.69 Å². The minimum absolute atomic E-state index is 0.148. The van der Waals surface area contributed by atoms with Crippen LogP contribution in [0.1, 0.15) is 15.2 Å². The molecule has 0 bridgehead atoms. The summed E-state index contributed by atoms with van der Waals surface area (Å²) in [4.78, 5) is 20.0. The summed E-state index contributed by atoms with van der Waals surface area (Å²) in [5, 5.41) is 3.83. The number of carbonyl (C=O) groups is 1. The van der Waals surface area contributed by atoms with E-state index >= 15 is 0 Å². The molecule has 4 aromatic rings. The first-order valence-corrected chi connectivity index (χ1v) is 9.75. The third-order valence-electron chi connectivity index (χ3n) is 4.08. The van der Waals surface area contributed by atoms with Crippen molar-refractivity contribution in [2.45, 2.75) is 6.92 Å². The normalized spacial score (nSPS) is 10.8. The number of para-hydroxylation sites is 2. The molecular weight excluding hydrogens is 408 g/mol. The van der Waals surface area contributed by atoms with Crippen LogP contribution in [0.2, 0.25) is 0 Å². The fraction of sp³-hybridized carbons (Fsp3) is 0.0476. The molecule has 1 N–H and O–H groups in total. The van der Waals surface area contributed by atoms with Gasteiger partial charge in [0.25, 0.3) is 5.91 Å². The van der Waals surface area contributed by atoms with Crippen molar-refractivity contribution in [3.8, 4) is 10.6 Å². The predicted molar refractivity (Wildman–Crippen MR) is 112 cm³/mol. The van der Waals surface area contributed by atoms with Crippen molar-refractivity contribution in [3.05, 3.63) is 81.6 Å². The molecule has 0 saturated carbocycles. The number of pyridine rings is 1. The lowest BCUT2D eigenvalue weighted by molar-refractivity contribution is 0.102. The highest BCUT2D eigenvalue weighted by Crippen LogP contribution is 2.30. The maximum Gasteiger partial charge on any atom is 0.256 e. The Morgan fingerprint density at radius 2 is 1.81 bits per heavy atom. The zero-order valence-electron chi connectivity index (χ0n) is 14.0. The molecule has 2 aromatic heterocycles. The topological polar surface area (TPSA) is 42.0 Å². The number of benzene rings is 2. The summed E-state index contributed by atoms with van der Waals surface area (Å²) in [5.41, 5.74) is 2.99. The summed E-state index contributed by atoms with van der Waals surface area (Å²) in [7, 11) is 0. The number of nitrogens with zero attached hydrogens (tertiary/aromatic N) is 1. The number of aryl methyl sites for hydroxylation is 1. The molecule has 0 spiro atoms. The highest BCUT2D eigenvalue weighted by atomic mass is 79.9. The van der Waals surface area contributed by atoms with Gasteiger partial charge in [-0.1, -0.05) is 30.3 Å². The Morgan fingerprint density at radius 3 is 2.58 bits per heavy atom. The van der Waals surface area contributed by atoms with Crippen LogP contribution in [0.5, 0.6) is 0 Å². The van der Waals surface area contributed by atoms with E-state index in [2.05, 4.69) is 34.2 Å². The number of rotatable bonds is 3. The van der Waals surface area contributed by atoms with Gasteiger partial charge in [-0.05, 0) is 59.3 Å². The number of halogens is 1. The molecule has 0 aliphatic carbocycles. The number of amides is 1. The number of hydrogen-bond donors (Lipinski definition) is 1. The summed E-state index contributed by atoms with van der Waals surface area (Å²) in [6, 6.07) is 21.3. The van der Waals surface area contributed by atoms with Gasteiger partial charge in [-0.2, -0.15) is 0 Å². The Kier molecular flexibility index (Phi) is 4.57. The van der Waals surface area contributed by atoms with Crippen molar-refractivity contribution in [3.63, 3.8) is 0 Å². The van der Waals surface area contributed by atoms with Gasteiger partial charge < -0.3 is 5.32 Å². The first-order chi connectivity index (χ1) is 12.6. The highest BCUT2D eigenvalue weighted by Gasteiger charge is 2.15. The molecule has 4 rings (SSSR count). The molecule has 0 radical (unpaired) electrons. The lowest BCUT2D eigenvalue weighted by Gasteiger charge is -2.11. The SMILES string of the molecule is Cc1ccc(-c2cc(C(=O)Nc3ccccc3Br)c3ccccc3n2)s1. The van der Waals surface area contributed by atoms with Crippen molar-refractivity contribution in [2.24, 2.45) is 0 Å². The lowest BCUT2D eigenvalue weighted by atomic mass is 10.1. The van der Waals surface area contributed by atoms with E-state index in [0.29, 0.717) is 5.56 Å². The summed E-state index contributed by atoms with van der Waals surface area (Å²) in [6.07, 6.45) is 0. The fourth-order valence-electron chi connectivity index (χ4n) is 2.81. The molecular formula is C21H15BrN2OS. The van der Waals surface area contributed by atoms with Gasteiger partial charge in [0.05, 0.1) is 27.3 Å². The first-order valence-electron chi connectivity index (χ1n) is 8.14. The van der Waals surface area contributed by atoms with Gasteiger partial charge in [0.1, 0.15) is 0 Å². The van der Waals surface area contributed by atoms with Crippen LogP contribution in [0.3, 0.4) is 0 Å². The minimum atomic E-state index is -0.148. The van der Waals surface area contributed by atoms with Gasteiger partial charge in [-0.25, -0.2) is 4.98 Å². The first kappa shape index (κ1) is 16.9. The van der Waals surface area contributed by atoms with Gasteiger partial charge in [0, 0.05) is 14.7 Å². The molecule has 0 unspecified atom stereocenters. The van der Waals surface area contributed by atoms with Gasteiger partial charge in [-0.3, -0.25) is 4.79 Å². The quantitative estimate of drug-likeness (QED) is 0.421. The summed E-state index contributed by atoms with van der Waals surface area (Å²) in [5.74, 6) is -0.148. The lowest BCUT2D eigenvalue weighted by Crippen LogP contribution is -2.13. The van der Waals surface area contributed by atoms with Crippen LogP contribution in [-0.2, 0) is 0 Å². The molecule has 2 heterocycles. The number of aromatic nitrogens is 1. The summed E-state index contributed by atoms with van der Waals surface area (Å²) >= 11 is 5.15. The number of nitrogens with one attached hydrogen (secondary N) is 1. The van der Waals surface area contributed by atoms with E-state index in [1.54, 1.807) is 11.3 Å². The number of thiophene rings is 1. The fourth-order valence-corrected chi connectivity index (χ4v) is 4.03. The molecule has 5 heteroatoms. The second kappa shape index (κ2) is 7.02. The molecule has 1 amide bonds. The van der Waals surface area contributed by atoms with Crippen molar-refractivity contribution in [1.29, 1.82) is 0 Å². The molecule has 128 valence electrons. The average Bonchev–Trinajstić information content (AvgIpc) is 3.09. The Balaban J connectivity index is 1.82. The van der Waals surface area contributed by atoms with Gasteiger partial charge in [0.15, 0.2) is 0 Å². The molecule has 0 aliphatic rings. The van der Waals surface area contributed by atoms with Crippen LogP contribution in [0, 0.1) is 6.92 Å². The van der Waals surface area contributed by atoms with Crippen LogP contribution < -0.4 is 5.32 Å². The van der Waals surface area contributed by atoms with Crippen molar-refractivity contribution in [1.82, 2.24) is 4.98 Å². The Morgan fingerprint density at radius 1 is 1.04 bits per heavy atom. The molecule has 0 fully saturated rings. The van der Waals surface area contributed by atoms with E-state index < -0.39 is 0 Å². The smallest absolute Gasteiger partial charge is 0.256 e. The van der Waals surface area contributed by atoms with Crippen LogP contribution >= 0.6 is 27.3 Å². The second-order valence-corrected chi connectivity index (χ2v) is 8.06. The Bertz CT molecular complexity index is 1120. The van der Waals surface area contributed by atoms with Gasteiger partial charge in [-0.15, -0.1) is 11.3 Å². The molecule has 2 aromatic carbocycles. The van der Waals surface area contributed by atoms with E-state index in [0.717, 1.165) is 31.6 Å². The number of fused-ring (bicyclic) bond motifs is 1. The van der Waals surface area contributed by atoms with Crippen molar-refractivity contribution in [2.75, 3.05) is 5.32 Å². The van der Waals surface area contributed by atoms with Gasteiger partial charge >= 0.3 is 0 Å². The maximum atomic E-state index is 13.0. The van der Waals surface area contributed by atoms with E-state index in [1.165, 1.54) is 4.88 Å². The molecule has 3 nitrogen and oxygen atoms in total. The van der Waals surface area contributed by atoms with E-state index in [1.807, 2.05) is 60.7 Å². The van der Waals surface area contributed by atoms with E-state index in [-0.39, 0.29) is 5.91 Å². The molecule has 0 atom stereocenters. The van der Waals surface area contributed by atoms with Crippen molar-refractivity contribution >= 4 is 49.8 Å². The number of hydrogen-bond acceptors (Lipinski definition) is 3. The third kappa shape index (κ3) is 3.28. The van der Waals surface area contributed by atoms with Gasteiger partial charge in [0.2, 0.25) is 0 Å². The molecule has 26 heavy (non-hydrogen) atoms. The second-order valence-electron chi connectivity index (χ2n) is 5.92. The number of carbonyl (C=O) groups excluding carboxylic acids is 1. The van der Waals surface area contributed by atoms with E-state index in [9.17, 15) is 4.79 Å². The van der Waals surface area contributed by atoms with Crippen LogP contribution in [-0.4, -0.2) is 10.9 Å².